The highest BCUT2D eigenvalue weighted by Crippen LogP contribution is 2.31. The van der Waals surface area contributed by atoms with Crippen LogP contribution in [0.1, 0.15) is 25.5 Å². The van der Waals surface area contributed by atoms with Gasteiger partial charge in [-0.05, 0) is 30.5 Å². The van der Waals surface area contributed by atoms with E-state index in [1.54, 1.807) is 6.07 Å². The van der Waals surface area contributed by atoms with Gasteiger partial charge in [0.05, 0.1) is 5.92 Å². The van der Waals surface area contributed by atoms with Gasteiger partial charge in [-0.25, -0.2) is 8.78 Å². The predicted molar refractivity (Wildman–Crippen MR) is 66.6 cm³/mol. The van der Waals surface area contributed by atoms with Crippen LogP contribution >= 0.6 is 0 Å². The van der Waals surface area contributed by atoms with E-state index < -0.39 is 23.5 Å². The second kappa shape index (κ2) is 5.25. The van der Waals surface area contributed by atoms with E-state index in [1.165, 1.54) is 6.07 Å². The Morgan fingerprint density at radius 1 is 1.37 bits per heavy atom. The Hall–Kier alpha value is -1.49. The summed E-state index contributed by atoms with van der Waals surface area (Å²) < 4.78 is 26.1. The van der Waals surface area contributed by atoms with Crippen molar-refractivity contribution in [2.45, 2.75) is 19.9 Å². The summed E-state index contributed by atoms with van der Waals surface area (Å²) in [5.41, 5.74) is 0.664. The van der Waals surface area contributed by atoms with Gasteiger partial charge >= 0.3 is 5.97 Å². The van der Waals surface area contributed by atoms with Crippen molar-refractivity contribution in [1.29, 1.82) is 0 Å². The molecule has 1 aliphatic rings. The molecule has 19 heavy (non-hydrogen) atoms. The van der Waals surface area contributed by atoms with E-state index in [9.17, 15) is 13.6 Å². The average Bonchev–Trinajstić information content (AvgIpc) is 2.74. The van der Waals surface area contributed by atoms with Crippen LogP contribution in [0.25, 0.3) is 0 Å². The van der Waals surface area contributed by atoms with Gasteiger partial charge < -0.3 is 5.11 Å². The lowest BCUT2D eigenvalue weighted by Gasteiger charge is -2.24. The van der Waals surface area contributed by atoms with Gasteiger partial charge in [-0.3, -0.25) is 9.69 Å². The van der Waals surface area contributed by atoms with Crippen LogP contribution in [0.5, 0.6) is 0 Å². The molecule has 1 saturated heterocycles. The number of hydrogen-bond donors (Lipinski definition) is 1. The number of carboxylic acids is 1. The van der Waals surface area contributed by atoms with Crippen molar-refractivity contribution in [2.75, 3.05) is 13.1 Å². The van der Waals surface area contributed by atoms with Crippen LogP contribution in [0.15, 0.2) is 18.2 Å². The van der Waals surface area contributed by atoms with E-state index in [0.29, 0.717) is 18.7 Å². The topological polar surface area (TPSA) is 40.5 Å². The molecule has 104 valence electrons. The van der Waals surface area contributed by atoms with E-state index >= 15 is 0 Å². The van der Waals surface area contributed by atoms with Gasteiger partial charge in [-0.2, -0.15) is 0 Å². The summed E-state index contributed by atoms with van der Waals surface area (Å²) in [5, 5.41) is 9.10. The molecule has 5 heteroatoms. The molecular formula is C14H17F2NO2. The molecule has 2 rings (SSSR count). The van der Waals surface area contributed by atoms with Crippen molar-refractivity contribution in [3.63, 3.8) is 0 Å². The number of nitrogens with zero attached hydrogens (tertiary/aromatic N) is 1. The van der Waals surface area contributed by atoms with Gasteiger partial charge in [0.1, 0.15) is 0 Å². The lowest BCUT2D eigenvalue weighted by molar-refractivity contribution is -0.142. The number of halogens is 2. The fourth-order valence-corrected chi connectivity index (χ4v) is 2.63. The first-order valence-electron chi connectivity index (χ1n) is 6.32. The Labute approximate surface area is 110 Å². The van der Waals surface area contributed by atoms with Crippen molar-refractivity contribution >= 4 is 5.97 Å². The smallest absolute Gasteiger partial charge is 0.308 e. The fraction of sp³-hybridized carbons (Fsp3) is 0.500. The molecule has 0 saturated carbocycles. The molecule has 0 bridgehead atoms. The van der Waals surface area contributed by atoms with Crippen LogP contribution in [0, 0.1) is 23.5 Å². The number of carbonyl (C=O) groups is 1. The largest absolute Gasteiger partial charge is 0.481 e. The second-order valence-corrected chi connectivity index (χ2v) is 5.23. The maximum absolute atomic E-state index is 13.2. The molecule has 1 aliphatic heterocycles. The molecule has 0 spiro atoms. The molecular weight excluding hydrogens is 252 g/mol. The Balaban J connectivity index is 2.14. The van der Waals surface area contributed by atoms with Crippen LogP contribution in [-0.2, 0) is 4.79 Å². The zero-order valence-corrected chi connectivity index (χ0v) is 10.9. The van der Waals surface area contributed by atoms with Gasteiger partial charge in [0, 0.05) is 19.1 Å². The second-order valence-electron chi connectivity index (χ2n) is 5.23. The van der Waals surface area contributed by atoms with Crippen molar-refractivity contribution in [2.24, 2.45) is 11.8 Å². The maximum Gasteiger partial charge on any atom is 0.308 e. The lowest BCUT2D eigenvalue weighted by atomic mass is 9.99. The third-order valence-electron chi connectivity index (χ3n) is 3.93. The minimum Gasteiger partial charge on any atom is -0.481 e. The molecule has 1 aromatic carbocycles. The molecule has 0 radical (unpaired) electrons. The van der Waals surface area contributed by atoms with Crippen LogP contribution in [0.2, 0.25) is 0 Å². The minimum atomic E-state index is -0.869. The van der Waals surface area contributed by atoms with Gasteiger partial charge in [0.25, 0.3) is 0 Å². The molecule has 1 heterocycles. The van der Waals surface area contributed by atoms with Crippen LogP contribution in [0.3, 0.4) is 0 Å². The highest BCUT2D eigenvalue weighted by Gasteiger charge is 2.36. The third kappa shape index (κ3) is 2.76. The molecule has 0 amide bonds. The Morgan fingerprint density at radius 3 is 2.58 bits per heavy atom. The Kier molecular flexibility index (Phi) is 3.85. The number of hydrogen-bond acceptors (Lipinski definition) is 2. The van der Waals surface area contributed by atoms with Crippen molar-refractivity contribution in [1.82, 2.24) is 4.90 Å². The number of rotatable bonds is 3. The van der Waals surface area contributed by atoms with E-state index in [1.807, 2.05) is 18.7 Å². The van der Waals surface area contributed by atoms with Crippen molar-refractivity contribution in [3.05, 3.63) is 35.4 Å². The first kappa shape index (κ1) is 13.9. The number of likely N-dealkylation sites (tertiary alicyclic amines) is 1. The van der Waals surface area contributed by atoms with E-state index in [0.717, 1.165) is 6.07 Å². The Morgan fingerprint density at radius 2 is 2.05 bits per heavy atom. The normalized spacial score (nSPS) is 25.5. The molecule has 3 atom stereocenters. The van der Waals surface area contributed by atoms with Crippen molar-refractivity contribution in [3.8, 4) is 0 Å². The van der Waals surface area contributed by atoms with E-state index in [4.69, 9.17) is 5.11 Å². The molecule has 3 nitrogen and oxygen atoms in total. The average molecular weight is 269 g/mol. The van der Waals surface area contributed by atoms with Gasteiger partial charge in [-0.1, -0.05) is 13.0 Å². The standard InChI is InChI=1S/C14H17F2NO2/c1-8-6-17(7-11(8)14(18)19)9(2)10-3-4-12(15)13(16)5-10/h3-5,8-9,11H,6-7H2,1-2H3,(H,18,19)/t8-,9?,11-/m1/s1. The monoisotopic (exact) mass is 269 g/mol. The number of aliphatic carboxylic acids is 1. The first-order chi connectivity index (χ1) is 8.90. The molecule has 1 unspecified atom stereocenters. The molecule has 0 aromatic heterocycles. The molecule has 1 N–H and O–H groups in total. The first-order valence-corrected chi connectivity index (χ1v) is 6.32. The highest BCUT2D eigenvalue weighted by molar-refractivity contribution is 5.71. The zero-order chi connectivity index (χ0) is 14.2. The van der Waals surface area contributed by atoms with Gasteiger partial charge in [-0.15, -0.1) is 0 Å². The lowest BCUT2D eigenvalue weighted by Crippen LogP contribution is -2.26. The maximum atomic E-state index is 13.2. The SMILES string of the molecule is CC(c1ccc(F)c(F)c1)N1C[C@@H](C)[C@H](C(=O)O)C1. The van der Waals surface area contributed by atoms with Gasteiger partial charge in [0.15, 0.2) is 11.6 Å². The van der Waals surface area contributed by atoms with Crippen LogP contribution in [-0.4, -0.2) is 29.1 Å². The van der Waals surface area contributed by atoms with Crippen LogP contribution in [0.4, 0.5) is 8.78 Å². The van der Waals surface area contributed by atoms with E-state index in [-0.39, 0.29) is 12.0 Å². The zero-order valence-electron chi connectivity index (χ0n) is 10.9. The quantitative estimate of drug-likeness (QED) is 0.917. The number of benzene rings is 1. The van der Waals surface area contributed by atoms with Crippen molar-refractivity contribution < 1.29 is 18.7 Å². The predicted octanol–water partition coefficient (Wildman–Crippen LogP) is 2.68. The summed E-state index contributed by atoms with van der Waals surface area (Å²) in [4.78, 5) is 13.1. The summed E-state index contributed by atoms with van der Waals surface area (Å²) in [6.07, 6.45) is 0. The summed E-state index contributed by atoms with van der Waals surface area (Å²) in [5.74, 6) is -2.87. The third-order valence-corrected chi connectivity index (χ3v) is 3.93. The highest BCUT2D eigenvalue weighted by atomic mass is 19.2. The minimum absolute atomic E-state index is 0.0604. The number of carboxylic acid groups (broad SMARTS) is 1. The molecule has 1 fully saturated rings. The fourth-order valence-electron chi connectivity index (χ4n) is 2.63. The summed E-state index contributed by atoms with van der Waals surface area (Å²) >= 11 is 0. The Bertz CT molecular complexity index is 492. The van der Waals surface area contributed by atoms with Crippen LogP contribution < -0.4 is 0 Å². The van der Waals surface area contributed by atoms with E-state index in [2.05, 4.69) is 0 Å². The summed E-state index contributed by atoms with van der Waals surface area (Å²) in [6, 6.07) is 3.71. The summed E-state index contributed by atoms with van der Waals surface area (Å²) in [6.45, 7) is 4.87. The van der Waals surface area contributed by atoms with Gasteiger partial charge in [0.2, 0.25) is 0 Å². The molecule has 1 aromatic rings. The molecule has 0 aliphatic carbocycles. The summed E-state index contributed by atoms with van der Waals surface area (Å²) in [7, 11) is 0.